The van der Waals surface area contributed by atoms with Crippen LogP contribution < -0.4 is 5.32 Å². The molecule has 0 amide bonds. The van der Waals surface area contributed by atoms with Crippen LogP contribution in [0.5, 0.6) is 0 Å². The predicted molar refractivity (Wildman–Crippen MR) is 161 cm³/mol. The average molecular weight is 647 g/mol. The van der Waals surface area contributed by atoms with Crippen LogP contribution in [0.25, 0.3) is 0 Å². The molecule has 3 aliphatic heterocycles. The molecule has 242 valence electrons. The zero-order valence-corrected chi connectivity index (χ0v) is 26.4. The maximum Gasteiger partial charge on any atom is 0.338 e. The van der Waals surface area contributed by atoms with Gasteiger partial charge in [-0.05, 0) is 56.7 Å². The number of aromatic nitrogens is 1. The summed E-state index contributed by atoms with van der Waals surface area (Å²) >= 11 is 1.33. The van der Waals surface area contributed by atoms with Crippen molar-refractivity contribution in [3.8, 4) is 0 Å². The lowest BCUT2D eigenvalue weighted by Gasteiger charge is -2.45. The molecule has 10 nitrogen and oxygen atoms in total. The maximum absolute atomic E-state index is 15.9. The molecule has 45 heavy (non-hydrogen) atoms. The normalized spacial score (nSPS) is 30.1. The molecule has 3 fully saturated rings. The minimum atomic E-state index is -3.07. The first-order valence-electron chi connectivity index (χ1n) is 15.1. The first-order valence-corrected chi connectivity index (χ1v) is 15.9. The standard InChI is InChI=1S/C31H37F3N6O4S/c1-5-44-28(41)23-21(36-26(27-35-9-10-45-27)37-24(23)19-7-6-8-20(32)17(19)2)14-39-16-31(33,34)25-22(39)15-38(4)40(25)13-18-11-30(3,12-18)29(42)43/h6-10,18,22,24-25H,5,11-16H2,1-4H3,(H,36,37)(H,42,43)/t18?,22?,24-,25?,30?/m0/s1. The third-order valence-electron chi connectivity index (χ3n) is 9.55. The highest BCUT2D eigenvalue weighted by Crippen LogP contribution is 2.48. The number of alkyl halides is 2. The molecular formula is C31H37F3N6O4S. The Morgan fingerprint density at radius 2 is 2.02 bits per heavy atom. The third kappa shape index (κ3) is 5.66. The molecule has 2 aromatic rings. The first kappa shape index (κ1) is 31.6. The third-order valence-corrected chi connectivity index (χ3v) is 10.3. The van der Waals surface area contributed by atoms with Crippen molar-refractivity contribution in [1.29, 1.82) is 0 Å². The summed E-state index contributed by atoms with van der Waals surface area (Å²) in [5.41, 5.74) is 0.474. The van der Waals surface area contributed by atoms with Crippen LogP contribution in [0.2, 0.25) is 0 Å². The van der Waals surface area contributed by atoms with E-state index in [1.807, 2.05) is 5.01 Å². The van der Waals surface area contributed by atoms with Gasteiger partial charge >= 0.3 is 11.9 Å². The Kier molecular flexibility index (Phi) is 8.29. The number of hydrogen-bond donors (Lipinski definition) is 2. The Morgan fingerprint density at radius 1 is 1.27 bits per heavy atom. The lowest BCUT2D eigenvalue weighted by atomic mass is 9.63. The number of carboxylic acids is 1. The van der Waals surface area contributed by atoms with Crippen molar-refractivity contribution >= 4 is 29.1 Å². The fraction of sp³-hybridized carbons (Fsp3) is 0.548. The quantitative estimate of drug-likeness (QED) is 0.393. The number of nitrogens with one attached hydrogen (secondary N) is 1. The van der Waals surface area contributed by atoms with Crippen LogP contribution in [0, 0.1) is 24.1 Å². The Balaban J connectivity index is 1.34. The summed E-state index contributed by atoms with van der Waals surface area (Å²) in [6.07, 6.45) is 2.50. The maximum atomic E-state index is 15.9. The number of hydrogen-bond acceptors (Lipinski definition) is 10. The van der Waals surface area contributed by atoms with Crippen LogP contribution in [0.1, 0.15) is 48.9 Å². The predicted octanol–water partition coefficient (Wildman–Crippen LogP) is 3.85. The van der Waals surface area contributed by atoms with E-state index in [4.69, 9.17) is 9.73 Å². The molecule has 0 bridgehead atoms. The van der Waals surface area contributed by atoms with E-state index in [9.17, 15) is 19.1 Å². The summed E-state index contributed by atoms with van der Waals surface area (Å²) in [6.45, 7) is 5.21. The Bertz CT molecular complexity index is 1540. The molecular weight excluding hydrogens is 609 g/mol. The highest BCUT2D eigenvalue weighted by atomic mass is 32.1. The van der Waals surface area contributed by atoms with Crippen molar-refractivity contribution in [2.45, 2.75) is 57.7 Å². The van der Waals surface area contributed by atoms with Gasteiger partial charge in [0.15, 0.2) is 10.8 Å². The number of nitrogens with zero attached hydrogens (tertiary/aromatic N) is 5. The number of likely N-dealkylation sites (N-methyl/N-ethyl adjacent to an activating group) is 1. The second-order valence-electron chi connectivity index (χ2n) is 12.7. The zero-order chi connectivity index (χ0) is 32.3. The summed E-state index contributed by atoms with van der Waals surface area (Å²) in [4.78, 5) is 36.0. The van der Waals surface area contributed by atoms with Gasteiger partial charge in [-0.25, -0.2) is 33.0 Å². The summed E-state index contributed by atoms with van der Waals surface area (Å²) in [5.74, 6) is -4.67. The highest BCUT2D eigenvalue weighted by molar-refractivity contribution is 7.11. The van der Waals surface area contributed by atoms with E-state index in [1.165, 1.54) is 17.4 Å². The number of fused-ring (bicyclic) bond motifs is 1. The van der Waals surface area contributed by atoms with Crippen molar-refractivity contribution in [1.82, 2.24) is 25.2 Å². The van der Waals surface area contributed by atoms with Gasteiger partial charge in [-0.2, -0.15) is 0 Å². The second kappa shape index (κ2) is 11.8. The van der Waals surface area contributed by atoms with Gasteiger partial charge in [0, 0.05) is 50.0 Å². The molecule has 0 radical (unpaired) electrons. The largest absolute Gasteiger partial charge is 0.481 e. The molecule has 1 aromatic heterocycles. The molecule has 4 aliphatic rings. The number of likely N-dealkylation sites (tertiary alicyclic amines) is 1. The Hall–Kier alpha value is -3.33. The summed E-state index contributed by atoms with van der Waals surface area (Å²) in [6, 6.07) is 1.97. The van der Waals surface area contributed by atoms with Gasteiger partial charge in [-0.1, -0.05) is 12.1 Å². The number of benzene rings is 1. The van der Waals surface area contributed by atoms with Crippen molar-refractivity contribution in [2.75, 3.05) is 39.8 Å². The summed E-state index contributed by atoms with van der Waals surface area (Å²) < 4.78 is 52.0. The van der Waals surface area contributed by atoms with E-state index < -0.39 is 53.8 Å². The number of thiazole rings is 1. The molecule has 1 aromatic carbocycles. The highest BCUT2D eigenvalue weighted by Gasteiger charge is 2.62. The van der Waals surface area contributed by atoms with E-state index in [0.717, 1.165) is 0 Å². The SMILES string of the molecule is CCOC(=O)C1=C(CN2CC(F)(F)C3C2CN(C)N3CC2CC(C)(C(=O)O)C2)NC(c2nccs2)=N[C@H]1c1cccc(F)c1C. The summed E-state index contributed by atoms with van der Waals surface area (Å²) in [7, 11) is 1.78. The Morgan fingerprint density at radius 3 is 2.69 bits per heavy atom. The minimum absolute atomic E-state index is 0.00242. The number of carbonyl (C=O) groups is 2. The van der Waals surface area contributed by atoms with Crippen LogP contribution in [0.15, 0.2) is 46.0 Å². The van der Waals surface area contributed by atoms with Crippen LogP contribution in [-0.2, 0) is 14.3 Å². The van der Waals surface area contributed by atoms with E-state index >= 15 is 8.78 Å². The molecule has 1 aliphatic carbocycles. The lowest BCUT2D eigenvalue weighted by molar-refractivity contribution is -0.160. The van der Waals surface area contributed by atoms with Gasteiger partial charge in [0.2, 0.25) is 0 Å². The van der Waals surface area contributed by atoms with Gasteiger partial charge in [0.25, 0.3) is 5.92 Å². The molecule has 6 rings (SSSR count). The van der Waals surface area contributed by atoms with Gasteiger partial charge in [-0.15, -0.1) is 11.3 Å². The van der Waals surface area contributed by atoms with E-state index in [2.05, 4.69) is 10.3 Å². The van der Waals surface area contributed by atoms with Gasteiger partial charge < -0.3 is 15.2 Å². The number of halogens is 3. The first-order chi connectivity index (χ1) is 21.3. The van der Waals surface area contributed by atoms with Crippen LogP contribution in [0.4, 0.5) is 13.2 Å². The van der Waals surface area contributed by atoms with E-state index in [1.54, 1.807) is 61.4 Å². The zero-order valence-electron chi connectivity index (χ0n) is 25.6. The monoisotopic (exact) mass is 646 g/mol. The van der Waals surface area contributed by atoms with Crippen LogP contribution in [0.3, 0.4) is 0 Å². The van der Waals surface area contributed by atoms with E-state index in [0.29, 0.717) is 53.6 Å². The number of hydrazine groups is 1. The minimum Gasteiger partial charge on any atom is -0.481 e. The van der Waals surface area contributed by atoms with Crippen molar-refractivity contribution in [3.05, 3.63) is 63.0 Å². The van der Waals surface area contributed by atoms with Crippen molar-refractivity contribution < 1.29 is 32.6 Å². The molecule has 14 heteroatoms. The number of aliphatic imine (C=N–C) groups is 1. The molecule has 4 heterocycles. The second-order valence-corrected chi connectivity index (χ2v) is 13.6. The number of aliphatic carboxylic acids is 1. The average Bonchev–Trinajstić information content (AvgIpc) is 3.67. The van der Waals surface area contributed by atoms with Crippen molar-refractivity contribution in [3.63, 3.8) is 0 Å². The van der Waals surface area contributed by atoms with Crippen LogP contribution >= 0.6 is 11.3 Å². The van der Waals surface area contributed by atoms with Gasteiger partial charge in [0.05, 0.1) is 24.1 Å². The number of carboxylic acid groups (broad SMARTS) is 1. The van der Waals surface area contributed by atoms with Gasteiger partial charge in [0.1, 0.15) is 17.9 Å². The Labute approximate surface area is 263 Å². The number of rotatable bonds is 9. The number of carbonyl (C=O) groups excluding carboxylic acids is 1. The fourth-order valence-corrected chi connectivity index (χ4v) is 7.95. The molecule has 3 atom stereocenters. The summed E-state index contributed by atoms with van der Waals surface area (Å²) in [5, 5.41) is 18.6. The topological polar surface area (TPSA) is 111 Å². The van der Waals surface area contributed by atoms with Crippen molar-refractivity contribution in [2.24, 2.45) is 16.3 Å². The molecule has 2 N–H and O–H groups in total. The number of ether oxygens (including phenoxy) is 1. The number of esters is 1. The molecule has 2 saturated heterocycles. The smallest absolute Gasteiger partial charge is 0.338 e. The fourth-order valence-electron chi connectivity index (χ4n) is 7.36. The van der Waals surface area contributed by atoms with Gasteiger partial charge in [-0.3, -0.25) is 14.7 Å². The van der Waals surface area contributed by atoms with Crippen LogP contribution in [-0.4, -0.2) is 101 Å². The molecule has 2 unspecified atom stereocenters. The lowest BCUT2D eigenvalue weighted by Crippen LogP contribution is -2.53. The molecule has 1 saturated carbocycles. The molecule has 0 spiro atoms. The number of amidine groups is 1. The van der Waals surface area contributed by atoms with E-state index in [-0.39, 0.29) is 24.6 Å².